The van der Waals surface area contributed by atoms with Crippen molar-refractivity contribution >= 4 is 34.4 Å². The molecule has 3 rings (SSSR count). The number of nitrogens with zero attached hydrogens (tertiary/aromatic N) is 2. The summed E-state index contributed by atoms with van der Waals surface area (Å²) in [5.74, 6) is -0.277. The van der Waals surface area contributed by atoms with Crippen LogP contribution in [0.4, 0.5) is 10.1 Å². The molecule has 0 unspecified atom stereocenters. The Labute approximate surface area is 170 Å². The van der Waals surface area contributed by atoms with Gasteiger partial charge in [0.15, 0.2) is 5.11 Å². The van der Waals surface area contributed by atoms with E-state index in [0.29, 0.717) is 10.8 Å². The molecule has 0 amide bonds. The Bertz CT molecular complexity index is 729. The number of likely N-dealkylation sites (N-methyl/N-ethyl adjacent to an activating group) is 1. The van der Waals surface area contributed by atoms with Crippen LogP contribution < -0.4 is 10.6 Å². The van der Waals surface area contributed by atoms with E-state index < -0.39 is 0 Å². The van der Waals surface area contributed by atoms with E-state index in [1.165, 1.54) is 17.0 Å². The van der Waals surface area contributed by atoms with Crippen molar-refractivity contribution in [2.24, 2.45) is 0 Å². The van der Waals surface area contributed by atoms with Crippen LogP contribution in [0.5, 0.6) is 0 Å². The lowest BCUT2D eigenvalue weighted by molar-refractivity contribution is 0.0883. The average Bonchev–Trinajstić information content (AvgIpc) is 3.16. The van der Waals surface area contributed by atoms with Crippen molar-refractivity contribution in [3.05, 3.63) is 52.5 Å². The molecule has 0 aliphatic carbocycles. The van der Waals surface area contributed by atoms with E-state index in [4.69, 9.17) is 12.2 Å². The molecule has 2 aromatic rings. The SMILES string of the molecule is CCN1CCN([C@@H](c2cccs2)[C@@H](C)NC(=S)Nc2cccc(F)c2)CC1. The maximum Gasteiger partial charge on any atom is 0.171 e. The van der Waals surface area contributed by atoms with Crippen molar-refractivity contribution in [1.29, 1.82) is 0 Å². The molecule has 146 valence electrons. The van der Waals surface area contributed by atoms with Crippen LogP contribution >= 0.6 is 23.6 Å². The van der Waals surface area contributed by atoms with E-state index in [2.05, 4.69) is 51.8 Å². The maximum atomic E-state index is 13.4. The quantitative estimate of drug-likeness (QED) is 0.710. The van der Waals surface area contributed by atoms with E-state index in [-0.39, 0.29) is 17.9 Å². The number of hydrogen-bond donors (Lipinski definition) is 2. The average molecular weight is 407 g/mol. The Morgan fingerprint density at radius 1 is 1.22 bits per heavy atom. The smallest absolute Gasteiger partial charge is 0.171 e. The number of hydrogen-bond acceptors (Lipinski definition) is 4. The predicted octanol–water partition coefficient (Wildman–Crippen LogP) is 3.94. The summed E-state index contributed by atoms with van der Waals surface area (Å²) in [7, 11) is 0. The molecule has 7 heteroatoms. The van der Waals surface area contributed by atoms with Crippen molar-refractivity contribution in [1.82, 2.24) is 15.1 Å². The summed E-state index contributed by atoms with van der Waals surface area (Å²) in [6, 6.07) is 11.0. The van der Waals surface area contributed by atoms with Crippen LogP contribution in [0.3, 0.4) is 0 Å². The zero-order valence-corrected chi connectivity index (χ0v) is 17.5. The molecule has 1 aromatic carbocycles. The van der Waals surface area contributed by atoms with Gasteiger partial charge in [-0.3, -0.25) is 4.90 Å². The minimum absolute atomic E-state index is 0.130. The van der Waals surface area contributed by atoms with Gasteiger partial charge in [0.25, 0.3) is 0 Å². The highest BCUT2D eigenvalue weighted by molar-refractivity contribution is 7.80. The Morgan fingerprint density at radius 2 is 2.00 bits per heavy atom. The van der Waals surface area contributed by atoms with E-state index in [1.54, 1.807) is 17.4 Å². The minimum atomic E-state index is -0.277. The van der Waals surface area contributed by atoms with Gasteiger partial charge in [0.1, 0.15) is 5.82 Å². The topological polar surface area (TPSA) is 30.5 Å². The standard InChI is InChI=1S/C20H27FN4S2/c1-3-24-9-11-25(12-10-24)19(18-8-5-13-27-18)15(2)22-20(26)23-17-7-4-6-16(21)14-17/h4-8,13-15,19H,3,9-12H2,1-2H3,(H2,22,23,26)/t15-,19-/m1/s1. The van der Waals surface area contributed by atoms with Crippen LogP contribution in [0.25, 0.3) is 0 Å². The highest BCUT2D eigenvalue weighted by atomic mass is 32.1. The van der Waals surface area contributed by atoms with Crippen LogP contribution in [0.1, 0.15) is 24.8 Å². The first-order valence-corrected chi connectivity index (χ1v) is 10.7. The van der Waals surface area contributed by atoms with Gasteiger partial charge in [-0.1, -0.05) is 19.1 Å². The fourth-order valence-electron chi connectivity index (χ4n) is 3.58. The van der Waals surface area contributed by atoms with Crippen LogP contribution in [0.15, 0.2) is 41.8 Å². The minimum Gasteiger partial charge on any atom is -0.358 e. The predicted molar refractivity (Wildman–Crippen MR) is 116 cm³/mol. The molecule has 1 aromatic heterocycles. The lowest BCUT2D eigenvalue weighted by Gasteiger charge is -2.41. The third kappa shape index (κ3) is 5.48. The third-order valence-electron chi connectivity index (χ3n) is 5.00. The largest absolute Gasteiger partial charge is 0.358 e. The summed E-state index contributed by atoms with van der Waals surface area (Å²) >= 11 is 7.26. The second-order valence-corrected chi connectivity index (χ2v) is 8.22. The molecule has 2 atom stereocenters. The zero-order valence-electron chi connectivity index (χ0n) is 15.8. The number of piperazine rings is 1. The summed E-state index contributed by atoms with van der Waals surface area (Å²) in [4.78, 5) is 6.37. The van der Waals surface area contributed by atoms with Crippen LogP contribution in [-0.4, -0.2) is 53.7 Å². The normalized spacial score (nSPS) is 18.0. The fourth-order valence-corrected chi connectivity index (χ4v) is 4.85. The summed E-state index contributed by atoms with van der Waals surface area (Å²) in [5, 5.41) is 9.14. The summed E-state index contributed by atoms with van der Waals surface area (Å²) in [6.07, 6.45) is 0. The zero-order chi connectivity index (χ0) is 19.2. The van der Waals surface area contributed by atoms with Crippen LogP contribution in [-0.2, 0) is 0 Å². The highest BCUT2D eigenvalue weighted by Crippen LogP contribution is 2.29. The van der Waals surface area contributed by atoms with Gasteiger partial charge >= 0.3 is 0 Å². The number of anilines is 1. The third-order valence-corrected chi connectivity index (χ3v) is 6.16. The molecule has 1 fully saturated rings. The number of halogens is 1. The van der Waals surface area contributed by atoms with Crippen LogP contribution in [0, 0.1) is 5.82 Å². The van der Waals surface area contributed by atoms with E-state index in [1.807, 2.05) is 6.07 Å². The second-order valence-electron chi connectivity index (χ2n) is 6.83. The molecule has 1 aliphatic heterocycles. The van der Waals surface area contributed by atoms with Gasteiger partial charge in [0.2, 0.25) is 0 Å². The lowest BCUT2D eigenvalue weighted by Crippen LogP contribution is -2.52. The first-order valence-electron chi connectivity index (χ1n) is 9.39. The molecule has 1 aliphatic rings. The highest BCUT2D eigenvalue weighted by Gasteiger charge is 2.30. The van der Waals surface area contributed by atoms with Crippen LogP contribution in [0.2, 0.25) is 0 Å². The molecular formula is C20H27FN4S2. The molecule has 2 N–H and O–H groups in total. The van der Waals surface area contributed by atoms with Crippen molar-refractivity contribution in [2.45, 2.75) is 25.9 Å². The Hall–Kier alpha value is -1.54. The van der Waals surface area contributed by atoms with Gasteiger partial charge in [-0.2, -0.15) is 0 Å². The van der Waals surface area contributed by atoms with Gasteiger partial charge in [-0.15, -0.1) is 11.3 Å². The van der Waals surface area contributed by atoms with E-state index in [9.17, 15) is 4.39 Å². The number of thiocarbonyl (C=S) groups is 1. The van der Waals surface area contributed by atoms with E-state index in [0.717, 1.165) is 32.7 Å². The summed E-state index contributed by atoms with van der Waals surface area (Å²) < 4.78 is 13.4. The van der Waals surface area contributed by atoms with Crippen molar-refractivity contribution < 1.29 is 4.39 Å². The molecule has 0 spiro atoms. The molecule has 2 heterocycles. The van der Waals surface area contributed by atoms with Crippen molar-refractivity contribution in [3.63, 3.8) is 0 Å². The maximum absolute atomic E-state index is 13.4. The number of thiophene rings is 1. The monoisotopic (exact) mass is 406 g/mol. The Balaban J connectivity index is 1.66. The lowest BCUT2D eigenvalue weighted by atomic mass is 10.1. The fraction of sp³-hybridized carbons (Fsp3) is 0.450. The molecule has 27 heavy (non-hydrogen) atoms. The molecule has 4 nitrogen and oxygen atoms in total. The molecule has 0 saturated carbocycles. The van der Waals surface area contributed by atoms with Gasteiger partial charge in [-0.05, 0) is 55.3 Å². The summed E-state index contributed by atoms with van der Waals surface area (Å²) in [6.45, 7) is 9.77. The van der Waals surface area contributed by atoms with Crippen molar-refractivity contribution in [2.75, 3.05) is 38.0 Å². The van der Waals surface area contributed by atoms with Gasteiger partial charge in [0.05, 0.1) is 6.04 Å². The summed E-state index contributed by atoms with van der Waals surface area (Å²) in [5.41, 5.74) is 0.656. The van der Waals surface area contributed by atoms with Gasteiger partial charge < -0.3 is 15.5 Å². The molecule has 0 radical (unpaired) electrons. The first-order chi connectivity index (χ1) is 13.1. The Kier molecular flexibility index (Phi) is 7.18. The molecule has 1 saturated heterocycles. The number of nitrogens with one attached hydrogen (secondary N) is 2. The Morgan fingerprint density at radius 3 is 2.63 bits per heavy atom. The number of rotatable bonds is 6. The van der Waals surface area contributed by atoms with Gasteiger partial charge in [-0.25, -0.2) is 4.39 Å². The molecular weight excluding hydrogens is 379 g/mol. The second kappa shape index (κ2) is 9.59. The molecule has 0 bridgehead atoms. The van der Waals surface area contributed by atoms with Gasteiger partial charge in [0, 0.05) is 42.8 Å². The van der Waals surface area contributed by atoms with E-state index >= 15 is 0 Å². The number of benzene rings is 1. The first kappa shape index (κ1) is 20.2. The van der Waals surface area contributed by atoms with Crippen molar-refractivity contribution in [3.8, 4) is 0 Å².